The van der Waals surface area contributed by atoms with Crippen LogP contribution in [0.4, 0.5) is 0 Å². The van der Waals surface area contributed by atoms with Crippen molar-refractivity contribution < 1.29 is 19.4 Å². The first-order valence-electron chi connectivity index (χ1n) is 6.87. The van der Waals surface area contributed by atoms with Crippen molar-refractivity contribution in [2.75, 3.05) is 12.9 Å². The molecule has 5 nitrogen and oxygen atoms in total. The molecule has 2 N–H and O–H groups in total. The molecule has 1 saturated carbocycles. The second-order valence-corrected chi connectivity index (χ2v) is 6.13. The second-order valence-electron chi connectivity index (χ2n) is 5.08. The number of hydrogen-bond acceptors (Lipinski definition) is 4. The Hall–Kier alpha value is -1.69. The number of ether oxygens (including phenoxy) is 1. The highest BCUT2D eigenvalue weighted by Crippen LogP contribution is 2.26. The van der Waals surface area contributed by atoms with Crippen LogP contribution in [0.3, 0.4) is 0 Å². The van der Waals surface area contributed by atoms with Crippen LogP contribution in [0.5, 0.6) is 5.75 Å². The summed E-state index contributed by atoms with van der Waals surface area (Å²) in [5.41, 5.74) is 0. The number of carboxylic acid groups (broad SMARTS) is 1. The fraction of sp³-hybridized carbons (Fsp3) is 0.467. The van der Waals surface area contributed by atoms with E-state index >= 15 is 0 Å². The monoisotopic (exact) mass is 309 g/mol. The SMILES string of the molecule is COc1ccc(SCC(=O)N[C@H]2CC[C@@H](C(=O)O)C2)cc1. The summed E-state index contributed by atoms with van der Waals surface area (Å²) in [6.45, 7) is 0. The van der Waals surface area contributed by atoms with E-state index in [0.29, 0.717) is 18.6 Å². The molecule has 1 aliphatic carbocycles. The second kappa shape index (κ2) is 7.36. The fourth-order valence-electron chi connectivity index (χ4n) is 2.43. The summed E-state index contributed by atoms with van der Waals surface area (Å²) in [4.78, 5) is 23.7. The Morgan fingerprint density at radius 1 is 1.33 bits per heavy atom. The van der Waals surface area contributed by atoms with E-state index in [1.54, 1.807) is 7.11 Å². The van der Waals surface area contributed by atoms with Crippen LogP contribution in [0.15, 0.2) is 29.2 Å². The predicted octanol–water partition coefficient (Wildman–Crippen LogP) is 2.16. The Kier molecular flexibility index (Phi) is 5.50. The molecule has 0 aromatic heterocycles. The van der Waals surface area contributed by atoms with Crippen LogP contribution in [-0.2, 0) is 9.59 Å². The first-order chi connectivity index (χ1) is 10.1. The van der Waals surface area contributed by atoms with Crippen LogP contribution in [0, 0.1) is 5.92 Å². The van der Waals surface area contributed by atoms with Gasteiger partial charge in [0.25, 0.3) is 0 Å². The minimum Gasteiger partial charge on any atom is -0.497 e. The lowest BCUT2D eigenvalue weighted by Crippen LogP contribution is -2.34. The lowest BCUT2D eigenvalue weighted by atomic mass is 10.1. The Morgan fingerprint density at radius 3 is 2.62 bits per heavy atom. The van der Waals surface area contributed by atoms with E-state index in [-0.39, 0.29) is 17.9 Å². The summed E-state index contributed by atoms with van der Waals surface area (Å²) < 4.78 is 5.08. The number of aliphatic carboxylic acids is 1. The molecule has 0 spiro atoms. The van der Waals surface area contributed by atoms with Crippen LogP contribution < -0.4 is 10.1 Å². The quantitative estimate of drug-likeness (QED) is 0.788. The van der Waals surface area contributed by atoms with Gasteiger partial charge in [-0.2, -0.15) is 0 Å². The molecule has 6 heteroatoms. The molecule has 21 heavy (non-hydrogen) atoms. The van der Waals surface area contributed by atoms with E-state index in [0.717, 1.165) is 17.1 Å². The van der Waals surface area contributed by atoms with Crippen molar-refractivity contribution >= 4 is 23.6 Å². The molecule has 1 aromatic carbocycles. The molecule has 1 fully saturated rings. The van der Waals surface area contributed by atoms with E-state index in [1.807, 2.05) is 24.3 Å². The number of carboxylic acids is 1. The smallest absolute Gasteiger partial charge is 0.306 e. The highest BCUT2D eigenvalue weighted by Gasteiger charge is 2.30. The van der Waals surface area contributed by atoms with Crippen LogP contribution in [-0.4, -0.2) is 35.9 Å². The van der Waals surface area contributed by atoms with Crippen molar-refractivity contribution in [1.29, 1.82) is 0 Å². The normalized spacial score (nSPS) is 21.0. The fourth-order valence-corrected chi connectivity index (χ4v) is 3.14. The van der Waals surface area contributed by atoms with Gasteiger partial charge in [-0.25, -0.2) is 0 Å². The van der Waals surface area contributed by atoms with E-state index < -0.39 is 5.97 Å². The highest BCUT2D eigenvalue weighted by molar-refractivity contribution is 8.00. The number of methoxy groups -OCH3 is 1. The van der Waals surface area contributed by atoms with Crippen molar-refractivity contribution in [3.63, 3.8) is 0 Å². The molecule has 0 aliphatic heterocycles. The number of carbonyl (C=O) groups is 2. The van der Waals surface area contributed by atoms with Crippen LogP contribution >= 0.6 is 11.8 Å². The Bertz CT molecular complexity index is 503. The molecule has 0 bridgehead atoms. The van der Waals surface area contributed by atoms with E-state index in [4.69, 9.17) is 9.84 Å². The molecule has 0 unspecified atom stereocenters. The largest absolute Gasteiger partial charge is 0.497 e. The number of hydrogen-bond donors (Lipinski definition) is 2. The van der Waals surface area contributed by atoms with Gasteiger partial charge in [0.05, 0.1) is 18.8 Å². The van der Waals surface area contributed by atoms with Gasteiger partial charge in [-0.15, -0.1) is 11.8 Å². The molecule has 0 saturated heterocycles. The Balaban J connectivity index is 1.73. The summed E-state index contributed by atoms with van der Waals surface area (Å²) in [5, 5.41) is 11.8. The maximum atomic E-state index is 11.9. The maximum Gasteiger partial charge on any atom is 0.306 e. The number of thioether (sulfide) groups is 1. The van der Waals surface area contributed by atoms with E-state index in [1.165, 1.54) is 11.8 Å². The summed E-state index contributed by atoms with van der Waals surface area (Å²) in [5.74, 6) is -0.00849. The number of carbonyl (C=O) groups excluding carboxylic acids is 1. The minimum absolute atomic E-state index is 0.00457. The minimum atomic E-state index is -0.764. The lowest BCUT2D eigenvalue weighted by molar-refractivity contribution is -0.141. The van der Waals surface area contributed by atoms with Crippen molar-refractivity contribution in [1.82, 2.24) is 5.32 Å². The molecule has 1 amide bonds. The van der Waals surface area contributed by atoms with Crippen molar-refractivity contribution in [3.8, 4) is 5.75 Å². The first kappa shape index (κ1) is 15.7. The third-order valence-electron chi connectivity index (χ3n) is 3.58. The highest BCUT2D eigenvalue weighted by atomic mass is 32.2. The van der Waals surface area contributed by atoms with Gasteiger partial charge in [0, 0.05) is 10.9 Å². The summed E-state index contributed by atoms with van der Waals surface area (Å²) in [6.07, 6.45) is 1.93. The number of amides is 1. The molecule has 0 radical (unpaired) electrons. The molecule has 2 rings (SSSR count). The van der Waals surface area contributed by atoms with E-state index in [9.17, 15) is 9.59 Å². The third-order valence-corrected chi connectivity index (χ3v) is 4.59. The molecule has 2 atom stereocenters. The zero-order valence-electron chi connectivity index (χ0n) is 11.9. The molecular weight excluding hydrogens is 290 g/mol. The number of rotatable bonds is 6. The van der Waals surface area contributed by atoms with Crippen LogP contribution in [0.1, 0.15) is 19.3 Å². The molecule has 114 valence electrons. The summed E-state index contributed by atoms with van der Waals surface area (Å²) >= 11 is 1.45. The van der Waals surface area contributed by atoms with Gasteiger partial charge in [0.15, 0.2) is 0 Å². The standard InChI is InChI=1S/C15H19NO4S/c1-20-12-4-6-13(7-5-12)21-9-14(17)16-11-3-2-10(8-11)15(18)19/h4-7,10-11H,2-3,8-9H2,1H3,(H,16,17)(H,18,19)/t10-,11+/m1/s1. The van der Waals surface area contributed by atoms with Gasteiger partial charge in [-0.3, -0.25) is 9.59 Å². The van der Waals surface area contributed by atoms with Gasteiger partial charge in [-0.1, -0.05) is 0 Å². The van der Waals surface area contributed by atoms with Gasteiger partial charge < -0.3 is 15.2 Å². The average Bonchev–Trinajstić information content (AvgIpc) is 2.94. The average molecular weight is 309 g/mol. The Morgan fingerprint density at radius 2 is 2.05 bits per heavy atom. The molecule has 1 aliphatic rings. The van der Waals surface area contributed by atoms with Gasteiger partial charge in [0.2, 0.25) is 5.91 Å². The van der Waals surface area contributed by atoms with Crippen LogP contribution in [0.25, 0.3) is 0 Å². The van der Waals surface area contributed by atoms with Gasteiger partial charge in [-0.05, 0) is 43.5 Å². The van der Waals surface area contributed by atoms with Crippen molar-refractivity contribution in [2.45, 2.75) is 30.2 Å². The molecule has 0 heterocycles. The zero-order valence-corrected chi connectivity index (χ0v) is 12.7. The third kappa shape index (κ3) is 4.67. The maximum absolute atomic E-state index is 11.9. The van der Waals surface area contributed by atoms with Gasteiger partial charge in [0.1, 0.15) is 5.75 Å². The van der Waals surface area contributed by atoms with Gasteiger partial charge >= 0.3 is 5.97 Å². The predicted molar refractivity (Wildman–Crippen MR) is 80.6 cm³/mol. The summed E-state index contributed by atoms with van der Waals surface area (Å²) in [6, 6.07) is 7.53. The van der Waals surface area contributed by atoms with Crippen LogP contribution in [0.2, 0.25) is 0 Å². The summed E-state index contributed by atoms with van der Waals surface area (Å²) in [7, 11) is 1.61. The number of benzene rings is 1. The first-order valence-corrected chi connectivity index (χ1v) is 7.86. The van der Waals surface area contributed by atoms with Crippen molar-refractivity contribution in [2.24, 2.45) is 5.92 Å². The lowest BCUT2D eigenvalue weighted by Gasteiger charge is -2.12. The zero-order chi connectivity index (χ0) is 15.2. The Labute approximate surface area is 128 Å². The molecular formula is C15H19NO4S. The molecule has 1 aromatic rings. The topological polar surface area (TPSA) is 75.6 Å². The van der Waals surface area contributed by atoms with Crippen molar-refractivity contribution in [3.05, 3.63) is 24.3 Å². The van der Waals surface area contributed by atoms with E-state index in [2.05, 4.69) is 5.32 Å². The number of nitrogens with one attached hydrogen (secondary N) is 1.